The van der Waals surface area contributed by atoms with Crippen molar-refractivity contribution in [1.29, 1.82) is 0 Å². The van der Waals surface area contributed by atoms with Crippen molar-refractivity contribution < 1.29 is 14.3 Å². The second-order valence-corrected chi connectivity index (χ2v) is 21.2. The molecule has 1 aromatic carbocycles. The zero-order valence-electron chi connectivity index (χ0n) is 23.6. The molecule has 0 bridgehead atoms. The minimum absolute atomic E-state index is 0.453. The molecule has 0 unspecified atom stereocenters. The highest BCUT2D eigenvalue weighted by atomic mass is 31.2. The molecule has 0 spiro atoms. The van der Waals surface area contributed by atoms with Gasteiger partial charge in [0.25, 0.3) is 0 Å². The predicted octanol–water partition coefficient (Wildman–Crippen LogP) is 9.04. The van der Waals surface area contributed by atoms with Crippen molar-refractivity contribution in [1.82, 2.24) is 0 Å². The fraction of sp³-hybridized carbons (Fsp3) is 0.806. The van der Waals surface area contributed by atoms with Gasteiger partial charge in [0.1, 0.15) is 11.1 Å². The maximum Gasteiger partial charge on any atom is 0.186 e. The first-order valence-electron chi connectivity index (χ1n) is 15.5. The first kappa shape index (κ1) is 28.4. The van der Waals surface area contributed by atoms with E-state index in [1.807, 2.05) is 6.07 Å². The molecule has 0 atom stereocenters. The average molecular weight is 534 g/mol. The molecule has 4 rings (SSSR count). The van der Waals surface area contributed by atoms with Crippen LogP contribution in [-0.4, -0.2) is 43.6 Å². The van der Waals surface area contributed by atoms with Crippen LogP contribution in [0.4, 0.5) is 0 Å². The van der Waals surface area contributed by atoms with Crippen molar-refractivity contribution in [2.75, 3.05) is 13.2 Å². The monoisotopic (exact) mass is 533 g/mol. The van der Waals surface area contributed by atoms with E-state index in [9.17, 15) is 5.11 Å². The Balaban J connectivity index is 1.70. The standard InChI is InChI=1S/C31H53O3PSi/c1-4-34-36(2,3)24-14-23-33-30-22-21-26(32)25-31(30)35(27-15-8-5-9-16-27,28-17-10-6-11-18-28)29-19-12-7-13-20-29/h21-22,25,27-29H,4-20,23-24H2,1-3H3/p+1. The highest BCUT2D eigenvalue weighted by Crippen LogP contribution is 2.77. The van der Waals surface area contributed by atoms with Crippen LogP contribution in [0.3, 0.4) is 0 Å². The molecule has 0 aliphatic heterocycles. The molecule has 0 saturated heterocycles. The molecule has 0 aromatic heterocycles. The number of aromatic hydroxyl groups is 1. The molecule has 0 radical (unpaired) electrons. The SMILES string of the molecule is CCO[Si](C)(C)CCCOc1ccc(O)cc1[P+](C1CCCCC1)(C1CCCCC1)C1CCCCC1. The van der Waals surface area contributed by atoms with Gasteiger partial charge in [-0.1, -0.05) is 19.3 Å². The molecule has 0 heterocycles. The third-order valence-corrected chi connectivity index (χ3v) is 18.6. The normalized spacial score (nSPS) is 21.5. The lowest BCUT2D eigenvalue weighted by atomic mass is 9.99. The highest BCUT2D eigenvalue weighted by molar-refractivity contribution is 7.85. The Bertz CT molecular complexity index is 749. The maximum atomic E-state index is 10.9. The van der Waals surface area contributed by atoms with Gasteiger partial charge in [-0.05, 0) is 122 Å². The molecule has 3 saturated carbocycles. The molecule has 3 aliphatic rings. The van der Waals surface area contributed by atoms with Crippen LogP contribution in [0.2, 0.25) is 19.1 Å². The minimum Gasteiger partial charge on any atom is -0.508 e. The fourth-order valence-electron chi connectivity index (χ4n) is 8.08. The lowest BCUT2D eigenvalue weighted by molar-refractivity contribution is 0.302. The van der Waals surface area contributed by atoms with Crippen molar-refractivity contribution in [2.45, 2.75) is 146 Å². The van der Waals surface area contributed by atoms with Gasteiger partial charge < -0.3 is 14.3 Å². The third kappa shape index (κ3) is 6.70. The van der Waals surface area contributed by atoms with Crippen LogP contribution in [0.5, 0.6) is 11.5 Å². The van der Waals surface area contributed by atoms with Crippen LogP contribution >= 0.6 is 7.26 Å². The topological polar surface area (TPSA) is 38.7 Å². The van der Waals surface area contributed by atoms with E-state index >= 15 is 0 Å². The van der Waals surface area contributed by atoms with E-state index in [0.717, 1.165) is 48.4 Å². The van der Waals surface area contributed by atoms with Gasteiger partial charge in [-0.2, -0.15) is 0 Å². The van der Waals surface area contributed by atoms with Crippen LogP contribution in [0.1, 0.15) is 110 Å². The van der Waals surface area contributed by atoms with Crippen LogP contribution in [-0.2, 0) is 4.43 Å². The zero-order valence-corrected chi connectivity index (χ0v) is 25.5. The number of phenols is 1. The molecule has 5 heteroatoms. The van der Waals surface area contributed by atoms with Crippen molar-refractivity contribution in [3.63, 3.8) is 0 Å². The quantitative estimate of drug-likeness (QED) is 0.175. The lowest BCUT2D eigenvalue weighted by Gasteiger charge is -2.49. The predicted molar refractivity (Wildman–Crippen MR) is 159 cm³/mol. The van der Waals surface area contributed by atoms with Crippen LogP contribution in [0.15, 0.2) is 18.2 Å². The largest absolute Gasteiger partial charge is 0.508 e. The summed E-state index contributed by atoms with van der Waals surface area (Å²) in [6.07, 6.45) is 22.1. The van der Waals surface area contributed by atoms with E-state index in [0.29, 0.717) is 5.75 Å². The Hall–Kier alpha value is -0.573. The van der Waals surface area contributed by atoms with Gasteiger partial charge in [-0.25, -0.2) is 0 Å². The maximum absolute atomic E-state index is 10.9. The third-order valence-electron chi connectivity index (χ3n) is 9.61. The summed E-state index contributed by atoms with van der Waals surface area (Å²) in [5.41, 5.74) is 2.52. The van der Waals surface area contributed by atoms with E-state index in [2.05, 4.69) is 32.2 Å². The van der Waals surface area contributed by atoms with Crippen molar-refractivity contribution in [2.24, 2.45) is 0 Å². The molecule has 3 aliphatic carbocycles. The molecule has 3 nitrogen and oxygen atoms in total. The first-order chi connectivity index (χ1) is 17.5. The smallest absolute Gasteiger partial charge is 0.186 e. The number of ether oxygens (including phenoxy) is 1. The fourth-order valence-corrected chi connectivity index (χ4v) is 17.5. The molecular formula is C31H54O3PSi+. The Morgan fingerprint density at radius 1 is 0.806 bits per heavy atom. The molecule has 36 heavy (non-hydrogen) atoms. The highest BCUT2D eigenvalue weighted by Gasteiger charge is 2.60. The van der Waals surface area contributed by atoms with Gasteiger partial charge >= 0.3 is 0 Å². The molecule has 0 amide bonds. The van der Waals surface area contributed by atoms with E-state index < -0.39 is 15.6 Å². The molecule has 3 fully saturated rings. The van der Waals surface area contributed by atoms with Gasteiger partial charge in [0.15, 0.2) is 14.1 Å². The van der Waals surface area contributed by atoms with Gasteiger partial charge in [0, 0.05) is 12.7 Å². The number of benzene rings is 1. The lowest BCUT2D eigenvalue weighted by Crippen LogP contribution is -2.42. The number of hydrogen-bond acceptors (Lipinski definition) is 3. The molecular weight excluding hydrogens is 479 g/mol. The Kier molecular flexibility index (Phi) is 10.6. The Morgan fingerprint density at radius 3 is 1.78 bits per heavy atom. The van der Waals surface area contributed by atoms with Crippen LogP contribution in [0.25, 0.3) is 0 Å². The average Bonchev–Trinajstić information content (AvgIpc) is 2.90. The number of phenolic OH excluding ortho intramolecular Hbond substituents is 1. The summed E-state index contributed by atoms with van der Waals surface area (Å²) in [4.78, 5) is 0. The van der Waals surface area contributed by atoms with Gasteiger partial charge in [0.05, 0.1) is 30.8 Å². The van der Waals surface area contributed by atoms with Gasteiger partial charge in [0.2, 0.25) is 0 Å². The van der Waals surface area contributed by atoms with Gasteiger partial charge in [-0.15, -0.1) is 0 Å². The van der Waals surface area contributed by atoms with E-state index in [4.69, 9.17) is 9.16 Å². The van der Waals surface area contributed by atoms with E-state index in [1.54, 1.807) is 0 Å². The van der Waals surface area contributed by atoms with Crippen molar-refractivity contribution in [3.05, 3.63) is 18.2 Å². The van der Waals surface area contributed by atoms with Gasteiger partial charge in [-0.3, -0.25) is 0 Å². The summed E-state index contributed by atoms with van der Waals surface area (Å²) in [7, 11) is -3.13. The summed E-state index contributed by atoms with van der Waals surface area (Å²) in [6.45, 7) is 8.35. The Morgan fingerprint density at radius 2 is 1.31 bits per heavy atom. The molecule has 1 aromatic rings. The van der Waals surface area contributed by atoms with Crippen molar-refractivity contribution >= 4 is 20.9 Å². The first-order valence-corrected chi connectivity index (χ1v) is 20.6. The second-order valence-electron chi connectivity index (χ2n) is 12.5. The zero-order chi connectivity index (χ0) is 25.4. The van der Waals surface area contributed by atoms with Crippen LogP contribution in [0, 0.1) is 0 Å². The van der Waals surface area contributed by atoms with E-state index in [1.165, 1.54) is 102 Å². The number of hydrogen-bond donors (Lipinski definition) is 1. The minimum atomic E-state index is -1.59. The molecule has 204 valence electrons. The molecule has 1 N–H and O–H groups in total. The second kappa shape index (κ2) is 13.5. The Labute approximate surface area is 223 Å². The van der Waals surface area contributed by atoms with E-state index in [-0.39, 0.29) is 0 Å². The number of rotatable bonds is 11. The summed E-state index contributed by atoms with van der Waals surface area (Å²) in [6, 6.07) is 7.37. The summed E-state index contributed by atoms with van der Waals surface area (Å²) < 4.78 is 12.8. The summed E-state index contributed by atoms with van der Waals surface area (Å²) >= 11 is 0. The van der Waals surface area contributed by atoms with Crippen molar-refractivity contribution in [3.8, 4) is 11.5 Å². The summed E-state index contributed by atoms with van der Waals surface area (Å²) in [5, 5.41) is 12.4. The summed E-state index contributed by atoms with van der Waals surface area (Å²) in [5.74, 6) is 1.58. The van der Waals surface area contributed by atoms with Crippen LogP contribution < -0.4 is 10.0 Å².